The van der Waals surface area contributed by atoms with E-state index in [1.165, 1.54) is 5.19 Å². The fourth-order valence-corrected chi connectivity index (χ4v) is 5.26. The smallest absolute Gasteiger partial charge is 0.251 e. The van der Waals surface area contributed by atoms with Crippen LogP contribution in [-0.4, -0.2) is 39.4 Å². The zero-order valence-corrected chi connectivity index (χ0v) is 20.7. The number of nitrogens with one attached hydrogen (secondary N) is 3. The lowest BCUT2D eigenvalue weighted by molar-refractivity contribution is -0.134. The molecule has 3 rings (SSSR count). The van der Waals surface area contributed by atoms with Gasteiger partial charge in [-0.3, -0.25) is 14.4 Å². The maximum absolute atomic E-state index is 13.3. The highest BCUT2D eigenvalue weighted by Gasteiger charge is 2.30. The Morgan fingerprint density at radius 1 is 1.12 bits per heavy atom. The number of piperidine rings is 1. The second kappa shape index (κ2) is 10.7. The predicted octanol–water partition coefficient (Wildman–Crippen LogP) is 2.95. The Labute approximate surface area is 196 Å². The number of carbonyl (C=O) groups excluding carboxylic acids is 3. The molecule has 1 fully saturated rings. The molecule has 0 radical (unpaired) electrons. The molecule has 7 nitrogen and oxygen atoms in total. The number of amides is 3. The van der Waals surface area contributed by atoms with E-state index in [0.29, 0.717) is 30.0 Å². The molecule has 3 amide bonds. The molecule has 0 bridgehead atoms. The number of hydrogen-bond acceptors (Lipinski definition) is 4. The molecule has 2 atom stereocenters. The molecule has 176 valence electrons. The molecule has 2 aromatic carbocycles. The zero-order chi connectivity index (χ0) is 24.0. The zero-order valence-electron chi connectivity index (χ0n) is 19.7. The molecule has 1 aliphatic rings. The largest absolute Gasteiger partial charge is 0.497 e. The monoisotopic (exact) mass is 467 g/mol. The molecule has 0 saturated carbocycles. The maximum atomic E-state index is 13.3. The summed E-state index contributed by atoms with van der Waals surface area (Å²) in [7, 11) is 0.110. The highest BCUT2D eigenvalue weighted by molar-refractivity contribution is 6.89. The number of anilines is 1. The van der Waals surface area contributed by atoms with Gasteiger partial charge in [0.05, 0.1) is 15.2 Å². The Hall–Kier alpha value is -3.13. The molecule has 1 aliphatic heterocycles. The fraction of sp³-hybridized carbons (Fsp3) is 0.400. The van der Waals surface area contributed by atoms with Crippen LogP contribution in [0.3, 0.4) is 0 Å². The van der Waals surface area contributed by atoms with Crippen molar-refractivity contribution in [2.45, 2.75) is 44.9 Å². The van der Waals surface area contributed by atoms with E-state index >= 15 is 0 Å². The SMILES string of the molecule is CC[Si](C)(C)c1ccc(NC(=O)C(NC(=O)C2CCNC(=O)C2)c2ccc(OC)cc2)cc1. The Kier molecular flexibility index (Phi) is 7.91. The van der Waals surface area contributed by atoms with Crippen LogP contribution in [0.2, 0.25) is 19.1 Å². The van der Waals surface area contributed by atoms with E-state index in [9.17, 15) is 14.4 Å². The number of carbonyl (C=O) groups is 3. The third kappa shape index (κ3) is 6.22. The summed E-state index contributed by atoms with van der Waals surface area (Å²) in [5, 5.41) is 9.86. The minimum absolute atomic E-state index is 0.126. The van der Waals surface area contributed by atoms with Crippen LogP contribution in [0.5, 0.6) is 5.75 Å². The van der Waals surface area contributed by atoms with E-state index in [1.807, 2.05) is 12.1 Å². The lowest BCUT2D eigenvalue weighted by Gasteiger charge is -2.25. The van der Waals surface area contributed by atoms with Gasteiger partial charge in [0.25, 0.3) is 5.91 Å². The average molecular weight is 468 g/mol. The van der Waals surface area contributed by atoms with E-state index in [0.717, 1.165) is 6.04 Å². The Morgan fingerprint density at radius 2 is 1.79 bits per heavy atom. The van der Waals surface area contributed by atoms with Gasteiger partial charge in [-0.05, 0) is 36.2 Å². The van der Waals surface area contributed by atoms with Crippen LogP contribution in [0.25, 0.3) is 0 Å². The van der Waals surface area contributed by atoms with Crippen molar-refractivity contribution in [1.82, 2.24) is 10.6 Å². The van der Waals surface area contributed by atoms with Crippen LogP contribution in [0, 0.1) is 5.92 Å². The predicted molar refractivity (Wildman–Crippen MR) is 132 cm³/mol. The van der Waals surface area contributed by atoms with Gasteiger partial charge in [-0.25, -0.2) is 0 Å². The third-order valence-electron chi connectivity index (χ3n) is 6.43. The van der Waals surface area contributed by atoms with Gasteiger partial charge in [-0.1, -0.05) is 55.5 Å². The van der Waals surface area contributed by atoms with Crippen molar-refractivity contribution in [1.29, 1.82) is 0 Å². The summed E-state index contributed by atoms with van der Waals surface area (Å²) in [6.07, 6.45) is 0.675. The fourth-order valence-electron chi connectivity index (χ4n) is 3.79. The molecule has 1 saturated heterocycles. The van der Waals surface area contributed by atoms with E-state index in [1.54, 1.807) is 31.4 Å². The van der Waals surface area contributed by atoms with Gasteiger partial charge >= 0.3 is 0 Å². The van der Waals surface area contributed by atoms with Crippen LogP contribution >= 0.6 is 0 Å². The molecule has 2 aromatic rings. The van der Waals surface area contributed by atoms with Crippen LogP contribution in [-0.2, 0) is 14.4 Å². The van der Waals surface area contributed by atoms with Crippen LogP contribution in [0.1, 0.15) is 31.4 Å². The number of methoxy groups -OCH3 is 1. The van der Waals surface area contributed by atoms with E-state index in [2.05, 4.69) is 48.1 Å². The van der Waals surface area contributed by atoms with Gasteiger partial charge in [0.1, 0.15) is 11.8 Å². The van der Waals surface area contributed by atoms with Gasteiger partial charge in [0.2, 0.25) is 11.8 Å². The van der Waals surface area contributed by atoms with Crippen LogP contribution < -0.4 is 25.9 Å². The Morgan fingerprint density at radius 3 is 2.36 bits per heavy atom. The molecule has 1 heterocycles. The molecular formula is C25H33N3O4Si. The molecule has 0 aliphatic carbocycles. The summed E-state index contributed by atoms with van der Waals surface area (Å²) in [6.45, 7) is 7.31. The third-order valence-corrected chi connectivity index (χ3v) is 10.1. The Balaban J connectivity index is 1.79. The summed E-state index contributed by atoms with van der Waals surface area (Å²) < 4.78 is 5.21. The van der Waals surface area contributed by atoms with E-state index < -0.39 is 20.0 Å². The number of ether oxygens (including phenoxy) is 1. The van der Waals surface area contributed by atoms with Crippen LogP contribution in [0.4, 0.5) is 5.69 Å². The van der Waals surface area contributed by atoms with Gasteiger partial charge < -0.3 is 20.7 Å². The van der Waals surface area contributed by atoms with Crippen molar-refractivity contribution in [2.24, 2.45) is 5.92 Å². The van der Waals surface area contributed by atoms with Crippen molar-refractivity contribution in [2.75, 3.05) is 19.0 Å². The summed E-state index contributed by atoms with van der Waals surface area (Å²) >= 11 is 0. The van der Waals surface area contributed by atoms with E-state index in [4.69, 9.17) is 4.74 Å². The number of benzene rings is 2. The van der Waals surface area contributed by atoms with Crippen molar-refractivity contribution in [3.8, 4) is 5.75 Å². The van der Waals surface area contributed by atoms with Crippen LogP contribution in [0.15, 0.2) is 48.5 Å². The van der Waals surface area contributed by atoms with Crippen molar-refractivity contribution in [3.05, 3.63) is 54.1 Å². The second-order valence-corrected chi connectivity index (χ2v) is 14.1. The molecule has 0 aromatic heterocycles. The standard InChI is InChI=1S/C25H33N3O4Si/c1-5-33(3,4)21-12-8-19(9-13-21)27-25(31)23(17-6-10-20(32-2)11-7-17)28-24(30)18-14-15-26-22(29)16-18/h6-13,18,23H,5,14-16H2,1-4H3,(H,26,29)(H,27,31)(H,28,30). The highest BCUT2D eigenvalue weighted by atomic mass is 28.3. The molecule has 3 N–H and O–H groups in total. The highest BCUT2D eigenvalue weighted by Crippen LogP contribution is 2.22. The minimum Gasteiger partial charge on any atom is -0.497 e. The average Bonchev–Trinajstić information content (AvgIpc) is 2.82. The van der Waals surface area contributed by atoms with Crippen molar-refractivity contribution >= 4 is 36.7 Å². The molecular weight excluding hydrogens is 434 g/mol. The maximum Gasteiger partial charge on any atom is 0.251 e. The summed E-state index contributed by atoms with van der Waals surface area (Å²) in [6, 6.07) is 15.2. The molecule has 33 heavy (non-hydrogen) atoms. The Bertz CT molecular complexity index is 990. The lowest BCUT2D eigenvalue weighted by Crippen LogP contribution is -2.44. The first-order valence-corrected chi connectivity index (χ1v) is 14.6. The van der Waals surface area contributed by atoms with E-state index in [-0.39, 0.29) is 24.1 Å². The molecule has 2 unspecified atom stereocenters. The second-order valence-electron chi connectivity index (χ2n) is 9.06. The summed E-state index contributed by atoms with van der Waals surface area (Å²) in [5.74, 6) is -0.579. The summed E-state index contributed by atoms with van der Waals surface area (Å²) in [4.78, 5) is 37.9. The molecule has 8 heteroatoms. The number of hydrogen-bond donors (Lipinski definition) is 3. The topological polar surface area (TPSA) is 96.5 Å². The van der Waals surface area contributed by atoms with Crippen molar-refractivity contribution in [3.63, 3.8) is 0 Å². The van der Waals surface area contributed by atoms with Crippen molar-refractivity contribution < 1.29 is 19.1 Å². The molecule has 0 spiro atoms. The number of rotatable bonds is 8. The lowest BCUT2D eigenvalue weighted by atomic mass is 9.95. The van der Waals surface area contributed by atoms with Gasteiger partial charge in [0.15, 0.2) is 0 Å². The quantitative estimate of drug-likeness (QED) is 0.520. The minimum atomic E-state index is -1.46. The normalized spacial score (nSPS) is 17.0. The first kappa shape index (κ1) is 24.5. The van der Waals surface area contributed by atoms with Gasteiger partial charge in [0, 0.05) is 24.6 Å². The van der Waals surface area contributed by atoms with Gasteiger partial charge in [-0.15, -0.1) is 0 Å². The van der Waals surface area contributed by atoms with Gasteiger partial charge in [-0.2, -0.15) is 0 Å². The first-order chi connectivity index (χ1) is 15.7. The summed E-state index contributed by atoms with van der Waals surface area (Å²) in [5.41, 5.74) is 1.31. The first-order valence-electron chi connectivity index (χ1n) is 11.4.